The zero-order valence-corrected chi connectivity index (χ0v) is 17.7. The van der Waals surface area contributed by atoms with Crippen LogP contribution in [0.1, 0.15) is 43.4 Å². The van der Waals surface area contributed by atoms with Gasteiger partial charge < -0.3 is 20.5 Å². The topological polar surface area (TPSA) is 101 Å². The minimum absolute atomic E-state index is 0.120. The number of carbonyl (C=O) groups excluding carboxylic acids is 1. The number of hydrogen-bond donors (Lipinski definition) is 2. The van der Waals surface area contributed by atoms with Gasteiger partial charge in [-0.15, -0.1) is 0 Å². The molecule has 2 atom stereocenters. The van der Waals surface area contributed by atoms with Gasteiger partial charge in [0.2, 0.25) is 0 Å². The molecule has 4 rings (SSSR count). The van der Waals surface area contributed by atoms with Crippen LogP contribution in [0.5, 0.6) is 0 Å². The van der Waals surface area contributed by atoms with Gasteiger partial charge in [0.1, 0.15) is 6.10 Å². The molecule has 1 aromatic carbocycles. The second-order valence-corrected chi connectivity index (χ2v) is 8.37. The molecule has 1 saturated carbocycles. The number of esters is 1. The molecule has 31 heavy (non-hydrogen) atoms. The number of rotatable bonds is 6. The first-order valence-electron chi connectivity index (χ1n) is 11.0. The fourth-order valence-electron chi connectivity index (χ4n) is 4.58. The summed E-state index contributed by atoms with van der Waals surface area (Å²) >= 11 is 0. The van der Waals surface area contributed by atoms with E-state index >= 15 is 0 Å². The van der Waals surface area contributed by atoms with Crippen LogP contribution in [-0.2, 0) is 21.7 Å². The number of aliphatic hydroxyl groups is 1. The summed E-state index contributed by atoms with van der Waals surface area (Å²) in [6, 6.07) is 14.9. The van der Waals surface area contributed by atoms with Gasteiger partial charge in [-0.3, -0.25) is 4.98 Å². The fraction of sp³-hybridized carbons (Fsp3) is 0.458. The van der Waals surface area contributed by atoms with Crippen LogP contribution in [-0.4, -0.2) is 46.1 Å². The van der Waals surface area contributed by atoms with Gasteiger partial charge in [0.05, 0.1) is 18.8 Å². The third-order valence-corrected chi connectivity index (χ3v) is 6.34. The van der Waals surface area contributed by atoms with E-state index in [0.717, 1.165) is 31.4 Å². The number of pyridine rings is 1. The normalized spacial score (nSPS) is 21.8. The number of nitrogens with zero attached hydrogens (tertiary/aromatic N) is 3. The van der Waals surface area contributed by atoms with Crippen LogP contribution in [0.3, 0.4) is 0 Å². The van der Waals surface area contributed by atoms with Crippen molar-refractivity contribution in [2.24, 2.45) is 16.6 Å². The maximum Gasteiger partial charge on any atom is 0.343 e. The lowest BCUT2D eigenvalue weighted by Gasteiger charge is -2.33. The molecule has 0 spiro atoms. The highest BCUT2D eigenvalue weighted by atomic mass is 16.6. The van der Waals surface area contributed by atoms with E-state index in [-0.39, 0.29) is 12.0 Å². The molecular weight excluding hydrogens is 392 g/mol. The molecular formula is C24H30N4O3. The molecule has 7 nitrogen and oxygen atoms in total. The Hall–Kier alpha value is -2.93. The second-order valence-electron chi connectivity index (χ2n) is 8.37. The number of aromatic nitrogens is 1. The predicted molar refractivity (Wildman–Crippen MR) is 118 cm³/mol. The molecule has 0 radical (unpaired) electrons. The molecule has 2 heterocycles. The lowest BCUT2D eigenvalue weighted by atomic mass is 9.80. The standard InChI is InChI=1S/C24H30N4O3/c25-23(27-16-20-12-6-7-14-26-20)28-15-13-21(17-28)31-22(29)24(30,19-10-4-5-11-19)18-8-2-1-3-9-18/h1-3,6-9,12,14,19,21,30H,4-5,10-11,13,15-17H2,(H2,25,27)/t21?,24-/m0/s1. The van der Waals surface area contributed by atoms with E-state index in [2.05, 4.69) is 9.98 Å². The molecule has 1 aliphatic carbocycles. The van der Waals surface area contributed by atoms with Gasteiger partial charge in [0.25, 0.3) is 0 Å². The highest BCUT2D eigenvalue weighted by Crippen LogP contribution is 2.41. The first kappa shape index (κ1) is 21.3. The molecule has 1 unspecified atom stereocenters. The Morgan fingerprint density at radius 1 is 1.16 bits per heavy atom. The van der Waals surface area contributed by atoms with E-state index < -0.39 is 11.6 Å². The minimum Gasteiger partial charge on any atom is -0.458 e. The molecule has 3 N–H and O–H groups in total. The summed E-state index contributed by atoms with van der Waals surface area (Å²) in [6.45, 7) is 1.53. The second kappa shape index (κ2) is 9.47. The Morgan fingerprint density at radius 2 is 1.90 bits per heavy atom. The van der Waals surface area contributed by atoms with Gasteiger partial charge in [0, 0.05) is 25.1 Å². The fourth-order valence-corrected chi connectivity index (χ4v) is 4.58. The lowest BCUT2D eigenvalue weighted by Crippen LogP contribution is -2.45. The monoisotopic (exact) mass is 422 g/mol. The number of benzene rings is 1. The number of guanidine groups is 1. The Balaban J connectivity index is 1.40. The zero-order chi connectivity index (χ0) is 21.7. The van der Waals surface area contributed by atoms with E-state index in [9.17, 15) is 9.90 Å². The van der Waals surface area contributed by atoms with Crippen molar-refractivity contribution in [3.05, 3.63) is 66.0 Å². The van der Waals surface area contributed by atoms with E-state index in [1.54, 1.807) is 6.20 Å². The number of ether oxygens (including phenoxy) is 1. The molecule has 2 fully saturated rings. The number of hydrogen-bond acceptors (Lipinski definition) is 5. The van der Waals surface area contributed by atoms with E-state index in [4.69, 9.17) is 10.5 Å². The largest absolute Gasteiger partial charge is 0.458 e. The van der Waals surface area contributed by atoms with E-state index in [0.29, 0.717) is 37.6 Å². The summed E-state index contributed by atoms with van der Waals surface area (Å²) in [4.78, 5) is 23.8. The van der Waals surface area contributed by atoms with Gasteiger partial charge in [-0.05, 0) is 30.5 Å². The first-order chi connectivity index (χ1) is 15.1. The summed E-state index contributed by atoms with van der Waals surface area (Å²) in [5.41, 5.74) is 6.00. The van der Waals surface area contributed by atoms with Crippen LogP contribution >= 0.6 is 0 Å². The molecule has 1 aromatic heterocycles. The Morgan fingerprint density at radius 3 is 2.61 bits per heavy atom. The highest BCUT2D eigenvalue weighted by molar-refractivity contribution is 5.82. The van der Waals surface area contributed by atoms with Crippen molar-refractivity contribution in [1.82, 2.24) is 9.88 Å². The number of carbonyl (C=O) groups is 1. The van der Waals surface area contributed by atoms with Crippen LogP contribution in [0.4, 0.5) is 0 Å². The molecule has 0 amide bonds. The molecule has 7 heteroatoms. The van der Waals surface area contributed by atoms with E-state index in [1.807, 2.05) is 53.4 Å². The lowest BCUT2D eigenvalue weighted by molar-refractivity contribution is -0.178. The first-order valence-corrected chi connectivity index (χ1v) is 11.0. The van der Waals surface area contributed by atoms with Gasteiger partial charge >= 0.3 is 5.97 Å². The van der Waals surface area contributed by atoms with Crippen molar-refractivity contribution in [2.75, 3.05) is 13.1 Å². The van der Waals surface area contributed by atoms with Crippen molar-refractivity contribution in [2.45, 2.75) is 50.4 Å². The summed E-state index contributed by atoms with van der Waals surface area (Å²) in [5.74, 6) is -0.260. The van der Waals surface area contributed by atoms with Crippen molar-refractivity contribution < 1.29 is 14.6 Å². The summed E-state index contributed by atoms with van der Waals surface area (Å²) in [5, 5.41) is 11.6. The quantitative estimate of drug-likeness (QED) is 0.422. The van der Waals surface area contributed by atoms with E-state index in [1.165, 1.54) is 0 Å². The number of aliphatic imine (C=N–C) groups is 1. The summed E-state index contributed by atoms with van der Waals surface area (Å²) < 4.78 is 5.83. The maximum absolute atomic E-state index is 13.2. The van der Waals surface area contributed by atoms with Crippen LogP contribution in [0.2, 0.25) is 0 Å². The van der Waals surface area contributed by atoms with Gasteiger partial charge in [-0.2, -0.15) is 0 Å². The van der Waals surface area contributed by atoms with Gasteiger partial charge in [-0.1, -0.05) is 49.2 Å². The molecule has 1 saturated heterocycles. The van der Waals surface area contributed by atoms with Crippen LogP contribution in [0.15, 0.2) is 59.7 Å². The molecule has 0 bridgehead atoms. The Kier molecular flexibility index (Phi) is 6.51. The highest BCUT2D eigenvalue weighted by Gasteiger charge is 2.48. The van der Waals surface area contributed by atoms with Crippen molar-refractivity contribution in [3.63, 3.8) is 0 Å². The molecule has 2 aromatic rings. The van der Waals surface area contributed by atoms with Crippen LogP contribution < -0.4 is 5.73 Å². The van der Waals surface area contributed by atoms with Crippen molar-refractivity contribution in [3.8, 4) is 0 Å². The van der Waals surface area contributed by atoms with Crippen LogP contribution in [0.25, 0.3) is 0 Å². The maximum atomic E-state index is 13.2. The predicted octanol–water partition coefficient (Wildman–Crippen LogP) is 2.59. The summed E-state index contributed by atoms with van der Waals surface area (Å²) in [7, 11) is 0. The molecule has 164 valence electrons. The average molecular weight is 423 g/mol. The molecule has 1 aliphatic heterocycles. The minimum atomic E-state index is -1.61. The third-order valence-electron chi connectivity index (χ3n) is 6.34. The van der Waals surface area contributed by atoms with Crippen LogP contribution in [0, 0.1) is 5.92 Å². The number of likely N-dealkylation sites (tertiary alicyclic amines) is 1. The number of nitrogens with two attached hydrogens (primary N) is 1. The zero-order valence-electron chi connectivity index (χ0n) is 17.7. The Labute approximate surface area is 183 Å². The van der Waals surface area contributed by atoms with Gasteiger partial charge in [-0.25, -0.2) is 9.79 Å². The van der Waals surface area contributed by atoms with Crippen molar-refractivity contribution in [1.29, 1.82) is 0 Å². The smallest absolute Gasteiger partial charge is 0.343 e. The summed E-state index contributed by atoms with van der Waals surface area (Å²) in [6.07, 6.45) is 5.74. The third kappa shape index (κ3) is 4.71. The average Bonchev–Trinajstić information content (AvgIpc) is 3.51. The van der Waals surface area contributed by atoms with Gasteiger partial charge in [0.15, 0.2) is 11.6 Å². The molecule has 2 aliphatic rings. The van der Waals surface area contributed by atoms with Crippen molar-refractivity contribution >= 4 is 11.9 Å². The Bertz CT molecular complexity index is 900. The SMILES string of the molecule is NC(=NCc1ccccn1)N1CCC(OC(=O)[C@](O)(c2ccccc2)C2CCCC2)C1.